The van der Waals surface area contributed by atoms with E-state index < -0.39 is 33.5 Å². The fourth-order valence-electron chi connectivity index (χ4n) is 9.33. The molecular formula is C40H54N2O7S. The fourth-order valence-corrected chi connectivity index (χ4v) is 10.4. The van der Waals surface area contributed by atoms with Gasteiger partial charge in [-0.2, -0.15) is 19.6 Å². The molecule has 10 heteroatoms. The molecule has 5 aliphatic carbocycles. The zero-order chi connectivity index (χ0) is 34.8. The summed E-state index contributed by atoms with van der Waals surface area (Å²) in [6, 6.07) is 17.5. The Morgan fingerprint density at radius 1 is 0.860 bits per heavy atom. The molecule has 272 valence electrons. The Labute approximate surface area is 297 Å². The molecule has 1 amide bonds. The average Bonchev–Trinajstić information content (AvgIpc) is 3.12. The Hall–Kier alpha value is -2.60. The van der Waals surface area contributed by atoms with Crippen LogP contribution >= 0.6 is 0 Å². The Bertz CT molecular complexity index is 1530. The molecule has 0 radical (unpaired) electrons. The summed E-state index contributed by atoms with van der Waals surface area (Å²) in [7, 11) is -3.65. The van der Waals surface area contributed by atoms with Gasteiger partial charge in [0.2, 0.25) is 17.5 Å². The Morgan fingerprint density at radius 3 is 2.06 bits per heavy atom. The van der Waals surface area contributed by atoms with E-state index in [4.69, 9.17) is 19.6 Å². The molecule has 0 aromatic heterocycles. The molecule has 8 rings (SSSR count). The van der Waals surface area contributed by atoms with Crippen molar-refractivity contribution in [3.8, 4) is 0 Å². The molecule has 2 atom stereocenters. The number of rotatable bonds is 13. The van der Waals surface area contributed by atoms with Gasteiger partial charge < -0.3 is 10.6 Å². The number of nitrogens with one attached hydrogen (secondary N) is 2. The summed E-state index contributed by atoms with van der Waals surface area (Å²) in [5.41, 5.74) is 1.13. The van der Waals surface area contributed by atoms with E-state index in [-0.39, 0.29) is 10.8 Å². The molecule has 2 spiro atoms. The van der Waals surface area contributed by atoms with Crippen LogP contribution in [0, 0.1) is 35.5 Å². The number of amides is 1. The summed E-state index contributed by atoms with van der Waals surface area (Å²) < 4.78 is 26.1. The van der Waals surface area contributed by atoms with Crippen molar-refractivity contribution in [2.75, 3.05) is 6.54 Å². The van der Waals surface area contributed by atoms with Crippen LogP contribution in [0.5, 0.6) is 0 Å². The molecule has 1 heterocycles. The maximum atomic E-state index is 13.8. The molecule has 4 bridgehead atoms. The first-order chi connectivity index (χ1) is 24.1. The molecule has 6 fully saturated rings. The summed E-state index contributed by atoms with van der Waals surface area (Å²) in [4.78, 5) is 38.8. The van der Waals surface area contributed by atoms with Gasteiger partial charge in [-0.1, -0.05) is 68.5 Å². The zero-order valence-corrected chi connectivity index (χ0v) is 30.3. The molecular weight excluding hydrogens is 653 g/mol. The van der Waals surface area contributed by atoms with Crippen molar-refractivity contribution >= 4 is 15.7 Å². The minimum absolute atomic E-state index is 0.118. The van der Waals surface area contributed by atoms with Crippen LogP contribution in [-0.2, 0) is 40.6 Å². The number of carbonyl (C=O) groups excluding carboxylic acids is 1. The lowest BCUT2D eigenvalue weighted by atomic mass is 9.53. The standard InChI is InChI=1S/C40H54N2O7S/c1-28(2)21-37(38(43)42-35(14-13-29-9-5-3-6-10-29)17-20-50(44,45)36-11-7-4-8-12-36)41-27-30-15-18-39(19-16-30)46-48-40(49-47-39)33-23-31-22-32(25-33)26-34(40)24-31/h3-12,17,20,28,30-35,37,41H,13-16,18-19,21-27H2,1-2H3,(H,42,43)/b20-17+/t30?,31?,32?,33?,34?,35-,37-,39?,40?/m0/s1. The monoisotopic (exact) mass is 706 g/mol. The molecule has 50 heavy (non-hydrogen) atoms. The molecule has 0 unspecified atom stereocenters. The van der Waals surface area contributed by atoms with Crippen molar-refractivity contribution in [1.29, 1.82) is 0 Å². The number of sulfone groups is 1. The van der Waals surface area contributed by atoms with Gasteiger partial charge in [-0.15, -0.1) is 0 Å². The second kappa shape index (κ2) is 15.2. The lowest BCUT2D eigenvalue weighted by Gasteiger charge is -2.60. The van der Waals surface area contributed by atoms with Crippen molar-refractivity contribution in [2.45, 2.75) is 119 Å². The first kappa shape index (κ1) is 35.8. The van der Waals surface area contributed by atoms with E-state index in [0.29, 0.717) is 62.3 Å². The largest absolute Gasteiger partial charge is 0.349 e. The molecule has 1 aliphatic heterocycles. The van der Waals surface area contributed by atoms with Gasteiger partial charge in [0.1, 0.15) is 0 Å². The third-order valence-corrected chi connectivity index (χ3v) is 13.4. The first-order valence-electron chi connectivity index (χ1n) is 18.9. The number of hydrogen-bond donors (Lipinski definition) is 2. The molecule has 2 aromatic carbocycles. The Balaban J connectivity index is 0.939. The van der Waals surface area contributed by atoms with Crippen LogP contribution in [0.15, 0.2) is 77.0 Å². The lowest BCUT2D eigenvalue weighted by Crippen LogP contribution is -2.64. The topological polar surface area (TPSA) is 112 Å². The van der Waals surface area contributed by atoms with E-state index in [9.17, 15) is 13.2 Å². The van der Waals surface area contributed by atoms with Crippen molar-refractivity contribution in [3.63, 3.8) is 0 Å². The second-order valence-corrected chi connectivity index (χ2v) is 18.0. The molecule has 2 N–H and O–H groups in total. The highest BCUT2D eigenvalue weighted by atomic mass is 32.2. The minimum atomic E-state index is -3.65. The Kier molecular flexibility index (Phi) is 10.9. The number of benzene rings is 2. The number of aryl methyl sites for hydroxylation is 1. The van der Waals surface area contributed by atoms with Crippen LogP contribution in [0.1, 0.15) is 90.0 Å². The summed E-state index contributed by atoms with van der Waals surface area (Å²) in [5, 5.41) is 7.98. The smallest absolute Gasteiger partial charge is 0.239 e. The minimum Gasteiger partial charge on any atom is -0.349 e. The van der Waals surface area contributed by atoms with Crippen LogP contribution in [-0.4, -0.2) is 44.5 Å². The van der Waals surface area contributed by atoms with E-state index >= 15 is 0 Å². The van der Waals surface area contributed by atoms with Gasteiger partial charge in [0.15, 0.2) is 9.84 Å². The molecule has 6 aliphatic rings. The van der Waals surface area contributed by atoms with Crippen molar-refractivity contribution in [3.05, 3.63) is 77.7 Å². The third kappa shape index (κ3) is 8.06. The highest BCUT2D eigenvalue weighted by molar-refractivity contribution is 7.94. The average molecular weight is 707 g/mol. The van der Waals surface area contributed by atoms with Crippen LogP contribution < -0.4 is 10.6 Å². The summed E-state index contributed by atoms with van der Waals surface area (Å²) in [6.45, 7) is 4.91. The van der Waals surface area contributed by atoms with Gasteiger partial charge in [0.05, 0.1) is 10.9 Å². The Morgan fingerprint density at radius 2 is 1.46 bits per heavy atom. The zero-order valence-electron chi connectivity index (χ0n) is 29.5. The van der Waals surface area contributed by atoms with Gasteiger partial charge in [-0.05, 0) is 112 Å². The van der Waals surface area contributed by atoms with Crippen LogP contribution in [0.3, 0.4) is 0 Å². The predicted octanol–water partition coefficient (Wildman–Crippen LogP) is 7.04. The third-order valence-electron chi connectivity index (χ3n) is 11.9. The van der Waals surface area contributed by atoms with Gasteiger partial charge >= 0.3 is 0 Å². The SMILES string of the molecule is CC(C)C[C@H](NCC1CCC2(CC1)OOC1(OO2)C2CC3CC(C2)CC1C3)C(=O)N[C@H](/C=C/S(=O)(=O)c1ccccc1)CCc1ccccc1. The van der Waals surface area contributed by atoms with Crippen molar-refractivity contribution in [2.24, 2.45) is 35.5 Å². The van der Waals surface area contributed by atoms with Crippen molar-refractivity contribution in [1.82, 2.24) is 10.6 Å². The van der Waals surface area contributed by atoms with Crippen LogP contribution in [0.2, 0.25) is 0 Å². The first-order valence-corrected chi connectivity index (χ1v) is 20.5. The highest BCUT2D eigenvalue weighted by Gasteiger charge is 2.64. The normalized spacial score (nSPS) is 33.3. The van der Waals surface area contributed by atoms with E-state index in [1.807, 2.05) is 30.3 Å². The van der Waals surface area contributed by atoms with Gasteiger partial charge in [0, 0.05) is 36.1 Å². The van der Waals surface area contributed by atoms with Crippen molar-refractivity contribution < 1.29 is 32.8 Å². The fraction of sp³-hybridized carbons (Fsp3) is 0.625. The van der Waals surface area contributed by atoms with E-state index in [1.54, 1.807) is 36.4 Å². The maximum absolute atomic E-state index is 13.8. The van der Waals surface area contributed by atoms with Gasteiger partial charge in [0.25, 0.3) is 0 Å². The summed E-state index contributed by atoms with van der Waals surface area (Å²) >= 11 is 0. The summed E-state index contributed by atoms with van der Waals surface area (Å²) in [5.74, 6) is 1.19. The van der Waals surface area contributed by atoms with Crippen LogP contribution in [0.25, 0.3) is 0 Å². The lowest BCUT2D eigenvalue weighted by molar-refractivity contribution is -0.680. The van der Waals surface area contributed by atoms with E-state index in [1.165, 1.54) is 11.8 Å². The van der Waals surface area contributed by atoms with Gasteiger partial charge in [-0.25, -0.2) is 8.42 Å². The molecule has 2 aromatic rings. The highest BCUT2D eigenvalue weighted by Crippen LogP contribution is 2.62. The quantitative estimate of drug-likeness (QED) is 0.213. The van der Waals surface area contributed by atoms with Gasteiger partial charge in [-0.3, -0.25) is 4.79 Å². The molecule has 1 saturated heterocycles. The summed E-state index contributed by atoms with van der Waals surface area (Å²) in [6.07, 6.45) is 12.5. The predicted molar refractivity (Wildman–Crippen MR) is 190 cm³/mol. The van der Waals surface area contributed by atoms with Crippen LogP contribution in [0.4, 0.5) is 0 Å². The number of carbonyl (C=O) groups is 1. The second-order valence-electron chi connectivity index (χ2n) is 16.1. The maximum Gasteiger partial charge on any atom is 0.239 e. The number of hydrogen-bond acceptors (Lipinski definition) is 8. The molecule has 5 saturated carbocycles. The molecule has 9 nitrogen and oxygen atoms in total. The van der Waals surface area contributed by atoms with E-state index in [0.717, 1.165) is 55.9 Å². The van der Waals surface area contributed by atoms with E-state index in [2.05, 4.69) is 24.5 Å².